The molecule has 0 radical (unpaired) electrons. The van der Waals surface area contributed by atoms with Gasteiger partial charge in [-0.05, 0) is 23.3 Å². The van der Waals surface area contributed by atoms with Gasteiger partial charge in [0.1, 0.15) is 18.0 Å². The summed E-state index contributed by atoms with van der Waals surface area (Å²) in [5.74, 6) is -1.14. The van der Waals surface area contributed by atoms with E-state index in [0.29, 0.717) is 25.3 Å². The molecule has 0 bridgehead atoms. The number of ether oxygens (including phenoxy) is 1. The van der Waals surface area contributed by atoms with Crippen molar-refractivity contribution in [1.82, 2.24) is 15.1 Å². The quantitative estimate of drug-likeness (QED) is 0.766. The number of imide groups is 1. The minimum atomic E-state index is -0.920. The molecule has 8 heteroatoms. The standard InChI is InChI=1S/C22H22FN3O4/c23-17-8-4-5-15(11-17)13-26-21(28)18(24-22(26)29)12-20(27)25-9-10-30-19(14-25)16-6-2-1-3-7-16/h1-8,11,18-19H,9-10,12-14H2,(H,24,29)/t18-,19?/m0/s1. The van der Waals surface area contributed by atoms with E-state index in [1.165, 1.54) is 18.2 Å². The zero-order valence-electron chi connectivity index (χ0n) is 16.3. The van der Waals surface area contributed by atoms with Crippen LogP contribution in [0.4, 0.5) is 9.18 Å². The lowest BCUT2D eigenvalue weighted by molar-refractivity contribution is -0.141. The van der Waals surface area contributed by atoms with Gasteiger partial charge in [0.15, 0.2) is 0 Å². The number of morpholine rings is 1. The van der Waals surface area contributed by atoms with E-state index >= 15 is 0 Å². The van der Waals surface area contributed by atoms with Gasteiger partial charge in [-0.1, -0.05) is 42.5 Å². The van der Waals surface area contributed by atoms with Crippen molar-refractivity contribution in [3.8, 4) is 0 Å². The normalized spacial score (nSPS) is 21.6. The third kappa shape index (κ3) is 4.33. The first-order valence-electron chi connectivity index (χ1n) is 9.82. The van der Waals surface area contributed by atoms with Crippen molar-refractivity contribution in [3.05, 3.63) is 71.5 Å². The molecule has 2 saturated heterocycles. The lowest BCUT2D eigenvalue weighted by Gasteiger charge is -2.33. The highest BCUT2D eigenvalue weighted by molar-refractivity contribution is 6.05. The Hall–Kier alpha value is -3.26. The summed E-state index contributed by atoms with van der Waals surface area (Å²) in [5, 5.41) is 2.57. The molecule has 2 fully saturated rings. The summed E-state index contributed by atoms with van der Waals surface area (Å²) < 4.78 is 19.2. The summed E-state index contributed by atoms with van der Waals surface area (Å²) >= 11 is 0. The fraction of sp³-hybridized carbons (Fsp3) is 0.318. The number of carbonyl (C=O) groups is 3. The number of nitrogens with one attached hydrogen (secondary N) is 1. The predicted molar refractivity (Wildman–Crippen MR) is 106 cm³/mol. The van der Waals surface area contributed by atoms with Gasteiger partial charge in [0.2, 0.25) is 5.91 Å². The molecular formula is C22H22FN3O4. The van der Waals surface area contributed by atoms with E-state index in [1.54, 1.807) is 11.0 Å². The van der Waals surface area contributed by atoms with Gasteiger partial charge >= 0.3 is 6.03 Å². The number of benzene rings is 2. The lowest BCUT2D eigenvalue weighted by Crippen LogP contribution is -2.45. The number of amides is 4. The van der Waals surface area contributed by atoms with Crippen molar-refractivity contribution in [2.24, 2.45) is 0 Å². The zero-order valence-corrected chi connectivity index (χ0v) is 16.3. The number of hydrogen-bond donors (Lipinski definition) is 1. The first-order valence-corrected chi connectivity index (χ1v) is 9.82. The molecule has 2 aliphatic heterocycles. The Morgan fingerprint density at radius 1 is 1.13 bits per heavy atom. The summed E-state index contributed by atoms with van der Waals surface area (Å²) in [5.41, 5.74) is 1.49. The fourth-order valence-corrected chi connectivity index (χ4v) is 3.73. The molecule has 0 spiro atoms. The summed E-state index contributed by atoms with van der Waals surface area (Å²) in [7, 11) is 0. The Morgan fingerprint density at radius 2 is 1.93 bits per heavy atom. The second-order valence-corrected chi connectivity index (χ2v) is 7.37. The summed E-state index contributed by atoms with van der Waals surface area (Å²) in [6, 6.07) is 13.9. The molecule has 156 valence electrons. The number of carbonyl (C=O) groups excluding carboxylic acids is 3. The summed E-state index contributed by atoms with van der Waals surface area (Å²) in [4.78, 5) is 40.4. The maximum Gasteiger partial charge on any atom is 0.325 e. The van der Waals surface area contributed by atoms with E-state index in [0.717, 1.165) is 10.5 Å². The minimum absolute atomic E-state index is 0.0409. The van der Waals surface area contributed by atoms with Crippen molar-refractivity contribution >= 4 is 17.8 Å². The highest BCUT2D eigenvalue weighted by Crippen LogP contribution is 2.23. The molecule has 4 rings (SSSR count). The van der Waals surface area contributed by atoms with Gasteiger partial charge in [-0.25, -0.2) is 9.18 Å². The third-order valence-electron chi connectivity index (χ3n) is 5.31. The molecule has 2 aromatic rings. The van der Waals surface area contributed by atoms with Gasteiger partial charge in [0.05, 0.1) is 26.1 Å². The number of urea groups is 1. The van der Waals surface area contributed by atoms with Crippen LogP contribution in [-0.4, -0.2) is 53.4 Å². The number of nitrogens with zero attached hydrogens (tertiary/aromatic N) is 2. The van der Waals surface area contributed by atoms with E-state index in [1.807, 2.05) is 30.3 Å². The van der Waals surface area contributed by atoms with Crippen LogP contribution >= 0.6 is 0 Å². The zero-order chi connectivity index (χ0) is 21.1. The molecular weight excluding hydrogens is 389 g/mol. The Bertz CT molecular complexity index is 952. The van der Waals surface area contributed by atoms with Gasteiger partial charge in [0.25, 0.3) is 5.91 Å². The van der Waals surface area contributed by atoms with Crippen LogP contribution in [0.2, 0.25) is 0 Å². The molecule has 7 nitrogen and oxygen atoms in total. The van der Waals surface area contributed by atoms with E-state index in [9.17, 15) is 18.8 Å². The predicted octanol–water partition coefficient (Wildman–Crippen LogP) is 2.24. The highest BCUT2D eigenvalue weighted by atomic mass is 19.1. The van der Waals surface area contributed by atoms with Crippen LogP contribution in [0.25, 0.3) is 0 Å². The molecule has 4 amide bonds. The largest absolute Gasteiger partial charge is 0.370 e. The molecule has 2 aliphatic rings. The van der Waals surface area contributed by atoms with Gasteiger partial charge in [-0.2, -0.15) is 0 Å². The molecule has 1 unspecified atom stereocenters. The van der Waals surface area contributed by atoms with Crippen LogP contribution in [-0.2, 0) is 20.9 Å². The first-order chi connectivity index (χ1) is 14.5. The molecule has 0 aliphatic carbocycles. The Labute approximate surface area is 173 Å². The van der Waals surface area contributed by atoms with E-state index in [4.69, 9.17) is 4.74 Å². The molecule has 0 saturated carbocycles. The topological polar surface area (TPSA) is 79.0 Å². The third-order valence-corrected chi connectivity index (χ3v) is 5.31. The SMILES string of the molecule is O=C(C[C@@H]1NC(=O)N(Cc2cccc(F)c2)C1=O)N1CCOC(c2ccccc2)C1. The Balaban J connectivity index is 1.37. The number of halogens is 1. The van der Waals surface area contributed by atoms with Gasteiger partial charge < -0.3 is 15.0 Å². The summed E-state index contributed by atoms with van der Waals surface area (Å²) in [6.45, 7) is 1.19. The van der Waals surface area contributed by atoms with E-state index < -0.39 is 23.8 Å². The van der Waals surface area contributed by atoms with Crippen molar-refractivity contribution in [2.75, 3.05) is 19.7 Å². The maximum atomic E-state index is 13.4. The second-order valence-electron chi connectivity index (χ2n) is 7.37. The molecule has 2 aromatic carbocycles. The van der Waals surface area contributed by atoms with E-state index in [-0.39, 0.29) is 25.0 Å². The van der Waals surface area contributed by atoms with Crippen molar-refractivity contribution in [3.63, 3.8) is 0 Å². The van der Waals surface area contributed by atoms with Crippen LogP contribution < -0.4 is 5.32 Å². The summed E-state index contributed by atoms with van der Waals surface area (Å²) in [6.07, 6.45) is -0.339. The van der Waals surface area contributed by atoms with E-state index in [2.05, 4.69) is 5.32 Å². The minimum Gasteiger partial charge on any atom is -0.370 e. The molecule has 2 heterocycles. The van der Waals surface area contributed by atoms with Gasteiger partial charge in [-0.3, -0.25) is 14.5 Å². The number of rotatable bonds is 5. The van der Waals surface area contributed by atoms with Crippen LogP contribution in [0.1, 0.15) is 23.7 Å². The lowest BCUT2D eigenvalue weighted by atomic mass is 10.1. The average Bonchev–Trinajstić information content (AvgIpc) is 3.02. The average molecular weight is 411 g/mol. The maximum absolute atomic E-state index is 13.4. The van der Waals surface area contributed by atoms with Gasteiger partial charge in [0, 0.05) is 6.54 Å². The monoisotopic (exact) mass is 411 g/mol. The van der Waals surface area contributed by atoms with Crippen molar-refractivity contribution < 1.29 is 23.5 Å². The van der Waals surface area contributed by atoms with Crippen LogP contribution in [0, 0.1) is 5.82 Å². The smallest absolute Gasteiger partial charge is 0.325 e. The molecule has 1 N–H and O–H groups in total. The molecule has 2 atom stereocenters. The number of hydrogen-bond acceptors (Lipinski definition) is 4. The van der Waals surface area contributed by atoms with Crippen LogP contribution in [0.15, 0.2) is 54.6 Å². The van der Waals surface area contributed by atoms with Crippen LogP contribution in [0.3, 0.4) is 0 Å². The second kappa shape index (κ2) is 8.62. The van der Waals surface area contributed by atoms with Crippen LogP contribution in [0.5, 0.6) is 0 Å². The first kappa shape index (κ1) is 20.0. The van der Waals surface area contributed by atoms with Crippen molar-refractivity contribution in [1.29, 1.82) is 0 Å². The van der Waals surface area contributed by atoms with Crippen molar-refractivity contribution in [2.45, 2.75) is 25.1 Å². The van der Waals surface area contributed by atoms with Gasteiger partial charge in [-0.15, -0.1) is 0 Å². The molecule has 30 heavy (non-hydrogen) atoms. The Kier molecular flexibility index (Phi) is 5.76. The Morgan fingerprint density at radius 3 is 2.70 bits per heavy atom. The fourth-order valence-electron chi connectivity index (χ4n) is 3.73. The molecule has 0 aromatic heterocycles. The highest BCUT2D eigenvalue weighted by Gasteiger charge is 2.40.